The quantitative estimate of drug-likeness (QED) is 0.380. The van der Waals surface area contributed by atoms with Crippen molar-refractivity contribution < 1.29 is 0 Å². The number of nitrogens with two attached hydrogens (primary N) is 1. The van der Waals surface area contributed by atoms with E-state index in [2.05, 4.69) is 46.0 Å². The third kappa shape index (κ3) is 3.48. The largest absolute Gasteiger partial charge is 0.397 e. The van der Waals surface area contributed by atoms with Gasteiger partial charge >= 0.3 is 0 Å². The molecule has 0 bridgehead atoms. The minimum atomic E-state index is 0.665. The van der Waals surface area contributed by atoms with Gasteiger partial charge in [0.2, 0.25) is 0 Å². The molecule has 2 heterocycles. The first-order chi connectivity index (χ1) is 13.2. The molecule has 2 aromatic heterocycles. The molecule has 0 unspecified atom stereocenters. The number of hydrogen-bond donors (Lipinski definition) is 2. The van der Waals surface area contributed by atoms with E-state index in [0.717, 1.165) is 39.4 Å². The number of hydrogen-bond acceptors (Lipinski definition) is 5. The van der Waals surface area contributed by atoms with Crippen LogP contribution in [0.15, 0.2) is 65.7 Å². The number of nitrogens with one attached hydrogen (secondary N) is 1. The molecule has 0 aliphatic carbocycles. The lowest BCUT2D eigenvalue weighted by molar-refractivity contribution is 0.878. The highest BCUT2D eigenvalue weighted by molar-refractivity contribution is 8.00. The van der Waals surface area contributed by atoms with Gasteiger partial charge in [0.1, 0.15) is 5.82 Å². The first-order valence-corrected chi connectivity index (χ1v) is 9.69. The summed E-state index contributed by atoms with van der Waals surface area (Å²) >= 11 is 1.57. The minimum absolute atomic E-state index is 0.665. The van der Waals surface area contributed by atoms with Crippen LogP contribution in [-0.2, 0) is 6.42 Å². The van der Waals surface area contributed by atoms with Crippen LogP contribution in [0.25, 0.3) is 16.6 Å². The van der Waals surface area contributed by atoms with Gasteiger partial charge in [0.05, 0.1) is 22.6 Å². The molecule has 0 radical (unpaired) electrons. The molecule has 27 heavy (non-hydrogen) atoms. The second-order valence-electron chi connectivity index (χ2n) is 6.36. The summed E-state index contributed by atoms with van der Waals surface area (Å²) in [7, 11) is 0. The van der Waals surface area contributed by atoms with Crippen LogP contribution in [0.3, 0.4) is 0 Å². The fourth-order valence-corrected chi connectivity index (χ4v) is 3.66. The van der Waals surface area contributed by atoms with Crippen molar-refractivity contribution in [2.45, 2.75) is 25.2 Å². The Bertz CT molecular complexity index is 1090. The predicted octanol–water partition coefficient (Wildman–Crippen LogP) is 4.99. The Kier molecular flexibility index (Phi) is 4.73. The predicted molar refractivity (Wildman–Crippen MR) is 113 cm³/mol. The van der Waals surface area contributed by atoms with Gasteiger partial charge in [-0.15, -0.1) is 0 Å². The molecule has 0 aliphatic rings. The van der Waals surface area contributed by atoms with Gasteiger partial charge in [-0.1, -0.05) is 19.1 Å². The highest BCUT2D eigenvalue weighted by atomic mass is 32.2. The van der Waals surface area contributed by atoms with E-state index in [1.165, 1.54) is 5.56 Å². The number of aromatic nitrogens is 3. The fraction of sp³-hybridized carbons (Fsp3) is 0.143. The lowest BCUT2D eigenvalue weighted by Crippen LogP contribution is -2.03. The van der Waals surface area contributed by atoms with Crippen LogP contribution in [0.5, 0.6) is 0 Å². The number of rotatable bonds is 5. The maximum Gasteiger partial charge on any atom is 0.140 e. The number of aryl methyl sites for hydroxylation is 2. The first kappa shape index (κ1) is 17.4. The second-order valence-corrected chi connectivity index (χ2v) is 7.24. The normalized spacial score (nSPS) is 11.0. The number of pyridine rings is 1. The first-order valence-electron chi connectivity index (χ1n) is 8.87. The topological polar surface area (TPSA) is 68.8 Å². The molecule has 0 amide bonds. The van der Waals surface area contributed by atoms with Crippen molar-refractivity contribution in [3.05, 3.63) is 72.1 Å². The average molecular weight is 376 g/mol. The highest BCUT2D eigenvalue weighted by Gasteiger charge is 2.12. The number of benzene rings is 2. The summed E-state index contributed by atoms with van der Waals surface area (Å²) in [6.07, 6.45) is 2.80. The standard InChI is InChI=1S/C21H21N5S/c1-3-15-6-8-16(9-7-15)27-25-20-13-14(2)24-26(20)19-11-10-18(22)21-17(19)5-4-12-23-21/h4-13,25H,3,22H2,1-2H3. The van der Waals surface area contributed by atoms with Gasteiger partial charge < -0.3 is 10.5 Å². The number of fused-ring (bicyclic) bond motifs is 1. The molecule has 3 N–H and O–H groups in total. The van der Waals surface area contributed by atoms with Crippen molar-refractivity contribution in [3.63, 3.8) is 0 Å². The van der Waals surface area contributed by atoms with E-state index in [0.29, 0.717) is 5.69 Å². The molecule has 0 atom stereocenters. The van der Waals surface area contributed by atoms with Crippen LogP contribution in [-0.4, -0.2) is 14.8 Å². The Hall–Kier alpha value is -2.99. The van der Waals surface area contributed by atoms with E-state index in [1.54, 1.807) is 18.1 Å². The zero-order valence-corrected chi connectivity index (χ0v) is 16.1. The second kappa shape index (κ2) is 7.32. The minimum Gasteiger partial charge on any atom is -0.397 e. The van der Waals surface area contributed by atoms with E-state index >= 15 is 0 Å². The van der Waals surface area contributed by atoms with Gasteiger partial charge in [-0.05, 0) is 67.3 Å². The summed E-state index contributed by atoms with van der Waals surface area (Å²) in [5.74, 6) is 0.909. The Morgan fingerprint density at radius 1 is 1.11 bits per heavy atom. The molecule has 0 fully saturated rings. The number of nitrogen functional groups attached to an aromatic ring is 1. The van der Waals surface area contributed by atoms with Crippen LogP contribution >= 0.6 is 11.9 Å². The van der Waals surface area contributed by atoms with Crippen molar-refractivity contribution >= 4 is 34.4 Å². The van der Waals surface area contributed by atoms with Crippen LogP contribution in [0, 0.1) is 6.92 Å². The van der Waals surface area contributed by atoms with Crippen molar-refractivity contribution in [2.75, 3.05) is 10.5 Å². The molecule has 136 valence electrons. The smallest absolute Gasteiger partial charge is 0.140 e. The third-order valence-electron chi connectivity index (χ3n) is 4.44. The Morgan fingerprint density at radius 2 is 1.93 bits per heavy atom. The van der Waals surface area contributed by atoms with Gasteiger partial charge in [-0.3, -0.25) is 4.98 Å². The monoisotopic (exact) mass is 375 g/mol. The van der Waals surface area contributed by atoms with Crippen LogP contribution in [0.1, 0.15) is 18.2 Å². The Balaban J connectivity index is 1.68. The molecule has 2 aromatic carbocycles. The SMILES string of the molecule is CCc1ccc(SNc2cc(C)nn2-c2ccc(N)c3ncccc23)cc1. The molecular weight excluding hydrogens is 354 g/mol. The highest BCUT2D eigenvalue weighted by Crippen LogP contribution is 2.30. The molecule has 0 saturated heterocycles. The molecular formula is C21H21N5S. The van der Waals surface area contributed by atoms with Gasteiger partial charge in [0.15, 0.2) is 0 Å². The van der Waals surface area contributed by atoms with Gasteiger partial charge in [-0.2, -0.15) is 5.10 Å². The molecule has 4 aromatic rings. The number of anilines is 2. The van der Waals surface area contributed by atoms with E-state index in [4.69, 9.17) is 5.73 Å². The van der Waals surface area contributed by atoms with Crippen molar-refractivity contribution in [3.8, 4) is 5.69 Å². The van der Waals surface area contributed by atoms with Gasteiger partial charge in [0.25, 0.3) is 0 Å². The Morgan fingerprint density at radius 3 is 2.70 bits per heavy atom. The summed E-state index contributed by atoms with van der Waals surface area (Å²) in [5, 5.41) is 5.65. The molecule has 0 saturated carbocycles. The lowest BCUT2D eigenvalue weighted by atomic mass is 10.1. The third-order valence-corrected chi connectivity index (χ3v) is 5.26. The summed E-state index contributed by atoms with van der Waals surface area (Å²) in [4.78, 5) is 5.58. The fourth-order valence-electron chi connectivity index (χ4n) is 3.02. The summed E-state index contributed by atoms with van der Waals surface area (Å²) < 4.78 is 5.34. The zero-order chi connectivity index (χ0) is 18.8. The van der Waals surface area contributed by atoms with Gasteiger partial charge in [0, 0.05) is 22.5 Å². The Labute approximate surface area is 162 Å². The zero-order valence-electron chi connectivity index (χ0n) is 15.3. The van der Waals surface area contributed by atoms with E-state index < -0.39 is 0 Å². The van der Waals surface area contributed by atoms with Crippen molar-refractivity contribution in [1.29, 1.82) is 0 Å². The van der Waals surface area contributed by atoms with E-state index in [1.807, 2.05) is 41.9 Å². The average Bonchev–Trinajstić information content (AvgIpc) is 3.07. The summed E-state index contributed by atoms with van der Waals surface area (Å²) in [6, 6.07) is 18.4. The summed E-state index contributed by atoms with van der Waals surface area (Å²) in [5.41, 5.74) is 10.8. The van der Waals surface area contributed by atoms with Crippen LogP contribution in [0.4, 0.5) is 11.5 Å². The lowest BCUT2D eigenvalue weighted by Gasteiger charge is -2.12. The van der Waals surface area contributed by atoms with E-state index in [-0.39, 0.29) is 0 Å². The van der Waals surface area contributed by atoms with E-state index in [9.17, 15) is 0 Å². The van der Waals surface area contributed by atoms with Crippen LogP contribution in [0.2, 0.25) is 0 Å². The molecule has 4 rings (SSSR count). The molecule has 5 nitrogen and oxygen atoms in total. The van der Waals surface area contributed by atoms with Crippen molar-refractivity contribution in [2.24, 2.45) is 0 Å². The van der Waals surface area contributed by atoms with Crippen LogP contribution < -0.4 is 10.5 Å². The maximum absolute atomic E-state index is 6.09. The molecule has 0 spiro atoms. The molecule has 0 aliphatic heterocycles. The number of nitrogens with zero attached hydrogens (tertiary/aromatic N) is 3. The molecule has 6 heteroatoms. The summed E-state index contributed by atoms with van der Waals surface area (Å²) in [6.45, 7) is 4.15. The van der Waals surface area contributed by atoms with Gasteiger partial charge in [-0.25, -0.2) is 4.68 Å². The maximum atomic E-state index is 6.09. The van der Waals surface area contributed by atoms with Crippen molar-refractivity contribution in [1.82, 2.24) is 14.8 Å².